The van der Waals surface area contributed by atoms with Crippen molar-refractivity contribution in [2.45, 2.75) is 45.8 Å². The number of phenolic OH excluding ortho intramolecular Hbond substituents is 1. The summed E-state index contributed by atoms with van der Waals surface area (Å²) in [7, 11) is 0. The number of hydrogen-bond acceptors (Lipinski definition) is 3. The summed E-state index contributed by atoms with van der Waals surface area (Å²) in [4.78, 5) is 2.51. The first-order valence-electron chi connectivity index (χ1n) is 7.30. The molecule has 1 aromatic rings. The number of piperazine rings is 1. The van der Waals surface area contributed by atoms with E-state index < -0.39 is 0 Å². The van der Waals surface area contributed by atoms with Crippen LogP contribution in [0.2, 0.25) is 0 Å². The van der Waals surface area contributed by atoms with Gasteiger partial charge in [-0.1, -0.05) is 26.0 Å². The lowest BCUT2D eigenvalue weighted by Gasteiger charge is -2.39. The monoisotopic (exact) mass is 262 g/mol. The van der Waals surface area contributed by atoms with Crippen molar-refractivity contribution in [3.05, 3.63) is 29.8 Å². The van der Waals surface area contributed by atoms with Gasteiger partial charge >= 0.3 is 0 Å². The molecule has 1 fully saturated rings. The number of phenols is 1. The number of nitrogens with one attached hydrogen (secondary N) is 1. The van der Waals surface area contributed by atoms with Gasteiger partial charge in [-0.05, 0) is 37.0 Å². The van der Waals surface area contributed by atoms with E-state index in [4.69, 9.17) is 0 Å². The van der Waals surface area contributed by atoms with Gasteiger partial charge in [0.2, 0.25) is 0 Å². The third-order valence-corrected chi connectivity index (χ3v) is 3.83. The second-order valence-electron chi connectivity index (χ2n) is 6.18. The summed E-state index contributed by atoms with van der Waals surface area (Å²) in [5, 5.41) is 13.2. The Labute approximate surface area is 116 Å². The summed E-state index contributed by atoms with van der Waals surface area (Å²) >= 11 is 0. The molecule has 3 heteroatoms. The summed E-state index contributed by atoms with van der Waals surface area (Å²) in [6.45, 7) is 9.89. The van der Waals surface area contributed by atoms with E-state index in [0.29, 0.717) is 17.8 Å². The molecule has 1 saturated heterocycles. The molecule has 106 valence electrons. The lowest BCUT2D eigenvalue weighted by molar-refractivity contribution is 0.124. The summed E-state index contributed by atoms with van der Waals surface area (Å²) in [5.41, 5.74) is 1.19. The van der Waals surface area contributed by atoms with E-state index >= 15 is 0 Å². The first kappa shape index (κ1) is 14.4. The molecule has 2 unspecified atom stereocenters. The van der Waals surface area contributed by atoms with Crippen molar-refractivity contribution in [2.75, 3.05) is 13.1 Å². The van der Waals surface area contributed by atoms with Crippen LogP contribution in [0.4, 0.5) is 0 Å². The number of benzene rings is 1. The highest BCUT2D eigenvalue weighted by Crippen LogP contribution is 2.18. The van der Waals surface area contributed by atoms with Crippen LogP contribution in [-0.4, -0.2) is 35.2 Å². The Balaban J connectivity index is 1.97. The highest BCUT2D eigenvalue weighted by molar-refractivity contribution is 5.27. The molecule has 0 spiro atoms. The Morgan fingerprint density at radius 3 is 2.89 bits per heavy atom. The van der Waals surface area contributed by atoms with E-state index in [9.17, 15) is 5.11 Å². The summed E-state index contributed by atoms with van der Waals surface area (Å²) < 4.78 is 0. The Morgan fingerprint density at radius 1 is 1.42 bits per heavy atom. The maximum absolute atomic E-state index is 9.55. The van der Waals surface area contributed by atoms with Crippen LogP contribution < -0.4 is 5.32 Å². The zero-order valence-electron chi connectivity index (χ0n) is 12.3. The average Bonchev–Trinajstić information content (AvgIpc) is 2.33. The number of aromatic hydroxyl groups is 1. The van der Waals surface area contributed by atoms with Crippen molar-refractivity contribution in [1.29, 1.82) is 0 Å². The van der Waals surface area contributed by atoms with Crippen molar-refractivity contribution in [3.63, 3.8) is 0 Å². The normalized spacial score (nSPS) is 24.8. The van der Waals surface area contributed by atoms with E-state index in [2.05, 4.69) is 37.1 Å². The molecule has 3 nitrogen and oxygen atoms in total. The summed E-state index contributed by atoms with van der Waals surface area (Å²) in [6, 6.07) is 8.74. The molecule has 1 heterocycles. The molecular weight excluding hydrogens is 236 g/mol. The third kappa shape index (κ3) is 4.22. The number of hydrogen-bond donors (Lipinski definition) is 2. The topological polar surface area (TPSA) is 35.5 Å². The first-order chi connectivity index (χ1) is 9.04. The summed E-state index contributed by atoms with van der Waals surface area (Å²) in [6.07, 6.45) is 1.23. The fourth-order valence-electron chi connectivity index (χ4n) is 2.83. The van der Waals surface area contributed by atoms with Gasteiger partial charge in [0.1, 0.15) is 5.75 Å². The van der Waals surface area contributed by atoms with Crippen molar-refractivity contribution in [1.82, 2.24) is 10.2 Å². The predicted molar refractivity (Wildman–Crippen MR) is 79.2 cm³/mol. The van der Waals surface area contributed by atoms with Crippen LogP contribution in [0.25, 0.3) is 0 Å². The molecule has 1 aromatic carbocycles. The molecule has 2 rings (SSSR count). The molecule has 0 aromatic heterocycles. The SMILES string of the molecule is CC(C)CC1CN(Cc2cccc(O)c2)C(C)CN1. The van der Waals surface area contributed by atoms with E-state index in [1.54, 1.807) is 6.07 Å². The molecule has 1 aliphatic rings. The maximum Gasteiger partial charge on any atom is 0.115 e. The van der Waals surface area contributed by atoms with E-state index in [1.165, 1.54) is 12.0 Å². The lowest BCUT2D eigenvalue weighted by atomic mass is 9.99. The molecule has 0 saturated carbocycles. The Bertz CT molecular complexity index is 405. The molecule has 19 heavy (non-hydrogen) atoms. The van der Waals surface area contributed by atoms with Crippen LogP contribution in [-0.2, 0) is 6.54 Å². The Morgan fingerprint density at radius 2 is 2.21 bits per heavy atom. The van der Waals surface area contributed by atoms with Crippen molar-refractivity contribution < 1.29 is 5.11 Å². The van der Waals surface area contributed by atoms with Crippen molar-refractivity contribution in [2.24, 2.45) is 5.92 Å². The minimum Gasteiger partial charge on any atom is -0.508 e. The van der Waals surface area contributed by atoms with Crippen LogP contribution in [0.5, 0.6) is 5.75 Å². The van der Waals surface area contributed by atoms with Gasteiger partial charge in [-0.2, -0.15) is 0 Å². The van der Waals surface area contributed by atoms with E-state index in [1.807, 2.05) is 12.1 Å². The van der Waals surface area contributed by atoms with E-state index in [0.717, 1.165) is 25.6 Å². The predicted octanol–water partition coefficient (Wildman–Crippen LogP) is 2.60. The van der Waals surface area contributed by atoms with Gasteiger partial charge in [0, 0.05) is 31.7 Å². The molecule has 0 amide bonds. The lowest BCUT2D eigenvalue weighted by Crippen LogP contribution is -2.55. The minimum absolute atomic E-state index is 0.360. The fourth-order valence-corrected chi connectivity index (χ4v) is 2.83. The highest BCUT2D eigenvalue weighted by Gasteiger charge is 2.25. The molecule has 1 aliphatic heterocycles. The molecule has 0 bridgehead atoms. The summed E-state index contributed by atoms with van der Waals surface area (Å²) in [5.74, 6) is 1.09. The second kappa shape index (κ2) is 6.40. The molecule has 0 radical (unpaired) electrons. The quantitative estimate of drug-likeness (QED) is 0.875. The van der Waals surface area contributed by atoms with Gasteiger partial charge in [0.15, 0.2) is 0 Å². The molecule has 2 atom stereocenters. The fraction of sp³-hybridized carbons (Fsp3) is 0.625. The van der Waals surface area contributed by atoms with Crippen LogP contribution in [0, 0.1) is 5.92 Å². The second-order valence-corrected chi connectivity index (χ2v) is 6.18. The van der Waals surface area contributed by atoms with Crippen LogP contribution >= 0.6 is 0 Å². The largest absolute Gasteiger partial charge is 0.508 e. The number of nitrogens with zero attached hydrogens (tertiary/aromatic N) is 1. The minimum atomic E-state index is 0.360. The van der Waals surface area contributed by atoms with Crippen molar-refractivity contribution in [3.8, 4) is 5.75 Å². The van der Waals surface area contributed by atoms with Crippen LogP contribution in [0.3, 0.4) is 0 Å². The average molecular weight is 262 g/mol. The van der Waals surface area contributed by atoms with Gasteiger partial charge in [0.05, 0.1) is 0 Å². The number of rotatable bonds is 4. The first-order valence-corrected chi connectivity index (χ1v) is 7.30. The zero-order chi connectivity index (χ0) is 13.8. The third-order valence-electron chi connectivity index (χ3n) is 3.83. The van der Waals surface area contributed by atoms with Crippen LogP contribution in [0.15, 0.2) is 24.3 Å². The zero-order valence-corrected chi connectivity index (χ0v) is 12.3. The van der Waals surface area contributed by atoms with Gasteiger partial charge < -0.3 is 10.4 Å². The smallest absolute Gasteiger partial charge is 0.115 e. The molecule has 2 N–H and O–H groups in total. The van der Waals surface area contributed by atoms with Gasteiger partial charge in [-0.25, -0.2) is 0 Å². The Kier molecular flexibility index (Phi) is 4.83. The maximum atomic E-state index is 9.55. The van der Waals surface area contributed by atoms with Crippen molar-refractivity contribution >= 4 is 0 Å². The van der Waals surface area contributed by atoms with Gasteiger partial charge in [-0.15, -0.1) is 0 Å². The molecule has 0 aliphatic carbocycles. The highest BCUT2D eigenvalue weighted by atomic mass is 16.3. The molecular formula is C16H26N2O. The Hall–Kier alpha value is -1.06. The van der Waals surface area contributed by atoms with E-state index in [-0.39, 0.29) is 0 Å². The van der Waals surface area contributed by atoms with Gasteiger partial charge in [-0.3, -0.25) is 4.90 Å². The van der Waals surface area contributed by atoms with Gasteiger partial charge in [0.25, 0.3) is 0 Å². The standard InChI is InChI=1S/C16H26N2O/c1-12(2)7-15-11-18(13(3)9-17-15)10-14-5-4-6-16(19)8-14/h4-6,8,12-13,15,17,19H,7,9-11H2,1-3H3. The van der Waals surface area contributed by atoms with Crippen LogP contribution in [0.1, 0.15) is 32.8 Å².